The molecule has 168 valence electrons. The van der Waals surface area contributed by atoms with Gasteiger partial charge in [0.1, 0.15) is 6.33 Å². The van der Waals surface area contributed by atoms with Crippen LogP contribution in [0.1, 0.15) is 11.4 Å². The number of alkyl halides is 3. The van der Waals surface area contributed by atoms with Gasteiger partial charge in [-0.2, -0.15) is 13.2 Å². The molecule has 1 fully saturated rings. The quantitative estimate of drug-likeness (QED) is 0.496. The Kier molecular flexibility index (Phi) is 6.29. The van der Waals surface area contributed by atoms with Crippen molar-refractivity contribution in [2.75, 3.05) is 38.1 Å². The normalized spacial score (nSPS) is 15.2. The van der Waals surface area contributed by atoms with Gasteiger partial charge in [-0.25, -0.2) is 0 Å². The van der Waals surface area contributed by atoms with E-state index in [0.717, 1.165) is 23.5 Å². The SMILES string of the molecule is CN=C(NCc1nncn1-c1ccccc1)N1CCN(c2cccc(C(F)(F)F)c2)CC1. The van der Waals surface area contributed by atoms with Gasteiger partial charge < -0.3 is 15.1 Å². The Morgan fingerprint density at radius 3 is 2.41 bits per heavy atom. The van der Waals surface area contributed by atoms with Crippen molar-refractivity contribution in [1.82, 2.24) is 25.0 Å². The van der Waals surface area contributed by atoms with Gasteiger partial charge in [0, 0.05) is 44.6 Å². The predicted molar refractivity (Wildman–Crippen MR) is 117 cm³/mol. The number of aliphatic imine (C=N–C) groups is 1. The number of piperazine rings is 1. The maximum absolute atomic E-state index is 13.0. The number of halogens is 3. The van der Waals surface area contributed by atoms with Crippen LogP contribution in [0.5, 0.6) is 0 Å². The first-order chi connectivity index (χ1) is 15.5. The molecule has 1 aliphatic rings. The van der Waals surface area contributed by atoms with Crippen molar-refractivity contribution in [3.63, 3.8) is 0 Å². The third kappa shape index (κ3) is 4.84. The van der Waals surface area contributed by atoms with Crippen molar-refractivity contribution in [1.29, 1.82) is 0 Å². The molecular formula is C22H24F3N7. The molecule has 0 aliphatic carbocycles. The molecule has 32 heavy (non-hydrogen) atoms. The number of rotatable bonds is 4. The van der Waals surface area contributed by atoms with Crippen molar-refractivity contribution >= 4 is 11.6 Å². The molecule has 4 rings (SSSR count). The van der Waals surface area contributed by atoms with Crippen LogP contribution in [0.15, 0.2) is 65.9 Å². The highest BCUT2D eigenvalue weighted by atomic mass is 19.4. The molecule has 1 aliphatic heterocycles. The highest BCUT2D eigenvalue weighted by Gasteiger charge is 2.31. The van der Waals surface area contributed by atoms with E-state index in [-0.39, 0.29) is 0 Å². The molecule has 0 unspecified atom stereocenters. The summed E-state index contributed by atoms with van der Waals surface area (Å²) >= 11 is 0. The summed E-state index contributed by atoms with van der Waals surface area (Å²) in [6.07, 6.45) is -2.67. The Bertz CT molecular complexity index is 1050. The van der Waals surface area contributed by atoms with E-state index in [1.165, 1.54) is 12.1 Å². The van der Waals surface area contributed by atoms with Crippen LogP contribution in [-0.2, 0) is 12.7 Å². The monoisotopic (exact) mass is 443 g/mol. The molecule has 3 aromatic rings. The first-order valence-electron chi connectivity index (χ1n) is 10.3. The lowest BCUT2D eigenvalue weighted by Crippen LogP contribution is -2.52. The Labute approximate surface area is 184 Å². The Hall–Kier alpha value is -3.56. The van der Waals surface area contributed by atoms with Crippen molar-refractivity contribution in [3.05, 3.63) is 72.3 Å². The van der Waals surface area contributed by atoms with Crippen molar-refractivity contribution in [3.8, 4) is 5.69 Å². The minimum absolute atomic E-state index is 0.440. The summed E-state index contributed by atoms with van der Waals surface area (Å²) < 4.78 is 41.0. The van der Waals surface area contributed by atoms with Crippen LogP contribution < -0.4 is 10.2 Å². The lowest BCUT2D eigenvalue weighted by molar-refractivity contribution is -0.137. The fourth-order valence-corrected chi connectivity index (χ4v) is 3.73. The maximum Gasteiger partial charge on any atom is 0.416 e. The maximum atomic E-state index is 13.0. The van der Waals surface area contributed by atoms with Gasteiger partial charge in [-0.15, -0.1) is 10.2 Å². The van der Waals surface area contributed by atoms with Crippen LogP contribution in [0, 0.1) is 0 Å². The average Bonchev–Trinajstić information content (AvgIpc) is 3.29. The number of benzene rings is 2. The van der Waals surface area contributed by atoms with E-state index in [0.29, 0.717) is 38.4 Å². The number of hydrogen-bond donors (Lipinski definition) is 1. The van der Waals surface area contributed by atoms with E-state index in [4.69, 9.17) is 0 Å². The molecule has 1 aromatic heterocycles. The van der Waals surface area contributed by atoms with E-state index < -0.39 is 11.7 Å². The second-order valence-electron chi connectivity index (χ2n) is 7.38. The lowest BCUT2D eigenvalue weighted by Gasteiger charge is -2.37. The van der Waals surface area contributed by atoms with Gasteiger partial charge in [0.15, 0.2) is 11.8 Å². The molecule has 1 N–H and O–H groups in total. The molecule has 10 heteroatoms. The molecule has 0 atom stereocenters. The Morgan fingerprint density at radius 2 is 1.72 bits per heavy atom. The Balaban J connectivity index is 1.36. The second kappa shape index (κ2) is 9.29. The van der Waals surface area contributed by atoms with Crippen LogP contribution in [-0.4, -0.2) is 58.9 Å². The standard InChI is InChI=1S/C22H24F3N7/c1-26-21(27-15-20-29-28-16-32(20)18-7-3-2-4-8-18)31-12-10-30(11-13-31)19-9-5-6-17(14-19)22(23,24)25/h2-9,14,16H,10-13,15H2,1H3,(H,26,27). The molecule has 2 aromatic carbocycles. The molecule has 1 saturated heterocycles. The molecule has 0 amide bonds. The third-order valence-corrected chi connectivity index (χ3v) is 5.39. The molecule has 0 radical (unpaired) electrons. The van der Waals surface area contributed by atoms with E-state index in [9.17, 15) is 13.2 Å². The zero-order valence-electron chi connectivity index (χ0n) is 17.6. The van der Waals surface area contributed by atoms with Gasteiger partial charge in [-0.3, -0.25) is 9.56 Å². The molecule has 0 spiro atoms. The van der Waals surface area contributed by atoms with E-state index in [2.05, 4.69) is 25.4 Å². The summed E-state index contributed by atoms with van der Waals surface area (Å²) in [5, 5.41) is 11.5. The average molecular weight is 443 g/mol. The molecular weight excluding hydrogens is 419 g/mol. The minimum atomic E-state index is -4.34. The number of hydrogen-bond acceptors (Lipinski definition) is 4. The summed E-state index contributed by atoms with van der Waals surface area (Å²) in [4.78, 5) is 8.42. The van der Waals surface area contributed by atoms with Crippen LogP contribution >= 0.6 is 0 Å². The van der Waals surface area contributed by atoms with Crippen LogP contribution in [0.4, 0.5) is 18.9 Å². The Morgan fingerprint density at radius 1 is 1.00 bits per heavy atom. The fourth-order valence-electron chi connectivity index (χ4n) is 3.73. The molecule has 7 nitrogen and oxygen atoms in total. The van der Waals surface area contributed by atoms with Crippen molar-refractivity contribution in [2.45, 2.75) is 12.7 Å². The largest absolute Gasteiger partial charge is 0.416 e. The van der Waals surface area contributed by atoms with E-state index in [1.54, 1.807) is 19.4 Å². The number of guanidine groups is 1. The summed E-state index contributed by atoms with van der Waals surface area (Å²) in [7, 11) is 1.71. The molecule has 2 heterocycles. The highest BCUT2D eigenvalue weighted by Crippen LogP contribution is 2.31. The van der Waals surface area contributed by atoms with Crippen LogP contribution in [0.3, 0.4) is 0 Å². The van der Waals surface area contributed by atoms with E-state index >= 15 is 0 Å². The zero-order valence-corrected chi connectivity index (χ0v) is 17.6. The predicted octanol–water partition coefficient (Wildman–Crippen LogP) is 3.18. The number of nitrogens with one attached hydrogen (secondary N) is 1. The van der Waals surface area contributed by atoms with Crippen molar-refractivity contribution in [2.24, 2.45) is 4.99 Å². The smallest absolute Gasteiger partial charge is 0.368 e. The summed E-state index contributed by atoms with van der Waals surface area (Å²) in [5.41, 5.74) is 0.926. The lowest BCUT2D eigenvalue weighted by atomic mass is 10.1. The first-order valence-corrected chi connectivity index (χ1v) is 10.3. The molecule has 0 bridgehead atoms. The summed E-state index contributed by atoms with van der Waals surface area (Å²) in [6.45, 7) is 2.92. The van der Waals surface area contributed by atoms with Gasteiger partial charge >= 0.3 is 6.18 Å². The van der Waals surface area contributed by atoms with Crippen LogP contribution in [0.25, 0.3) is 5.69 Å². The zero-order chi connectivity index (χ0) is 22.6. The van der Waals surface area contributed by atoms with Gasteiger partial charge in [0.2, 0.25) is 0 Å². The number of nitrogens with zero attached hydrogens (tertiary/aromatic N) is 6. The van der Waals surface area contributed by atoms with Crippen LogP contribution in [0.2, 0.25) is 0 Å². The summed E-state index contributed by atoms with van der Waals surface area (Å²) in [6, 6.07) is 15.3. The summed E-state index contributed by atoms with van der Waals surface area (Å²) in [5.74, 6) is 1.47. The van der Waals surface area contributed by atoms with Gasteiger partial charge in [-0.05, 0) is 30.3 Å². The van der Waals surface area contributed by atoms with Gasteiger partial charge in [0.25, 0.3) is 0 Å². The number of aromatic nitrogens is 3. The topological polar surface area (TPSA) is 61.6 Å². The highest BCUT2D eigenvalue weighted by molar-refractivity contribution is 5.80. The first kappa shape index (κ1) is 21.7. The minimum Gasteiger partial charge on any atom is -0.368 e. The third-order valence-electron chi connectivity index (χ3n) is 5.39. The number of anilines is 1. The second-order valence-corrected chi connectivity index (χ2v) is 7.38. The van der Waals surface area contributed by atoms with E-state index in [1.807, 2.05) is 39.8 Å². The van der Waals surface area contributed by atoms with Gasteiger partial charge in [0.05, 0.1) is 12.1 Å². The van der Waals surface area contributed by atoms with Crippen molar-refractivity contribution < 1.29 is 13.2 Å². The fraction of sp³-hybridized carbons (Fsp3) is 0.318. The van der Waals surface area contributed by atoms with Gasteiger partial charge in [-0.1, -0.05) is 24.3 Å². The molecule has 0 saturated carbocycles. The number of para-hydroxylation sites is 1.